The molecule has 0 aliphatic rings. The van der Waals surface area contributed by atoms with Gasteiger partial charge in [-0.05, 0) is 98.5 Å². The lowest BCUT2D eigenvalue weighted by atomic mass is 10.1. The fraction of sp³-hybridized carbons (Fsp3) is 0.240. The van der Waals surface area contributed by atoms with E-state index in [4.69, 9.17) is 15.0 Å². The van der Waals surface area contributed by atoms with E-state index < -0.39 is 0 Å². The van der Waals surface area contributed by atoms with Gasteiger partial charge in [-0.1, -0.05) is 36.4 Å². The zero-order chi connectivity index (χ0) is 21.1. The first kappa shape index (κ1) is 21.4. The molecule has 1 aromatic heterocycles. The number of pyridine rings is 1. The normalized spacial score (nSPS) is 12.4. The van der Waals surface area contributed by atoms with Crippen LogP contribution in [0.25, 0.3) is 0 Å². The Labute approximate surface area is 187 Å². The molecule has 3 nitrogen and oxygen atoms in total. The molecular formula is C25H26IN3. The molecule has 0 atom stereocenters. The molecule has 0 unspecified atom stereocenters. The molecule has 0 saturated carbocycles. The molecule has 0 aliphatic heterocycles. The molecule has 1 heterocycles. The molecule has 29 heavy (non-hydrogen) atoms. The lowest BCUT2D eigenvalue weighted by Gasteiger charge is -2.10. The number of hydrogen-bond acceptors (Lipinski definition) is 3. The van der Waals surface area contributed by atoms with Crippen molar-refractivity contribution in [2.75, 3.05) is 0 Å². The lowest BCUT2D eigenvalue weighted by molar-refractivity contribution is 1.22. The van der Waals surface area contributed by atoms with Gasteiger partial charge in [0.15, 0.2) is 0 Å². The van der Waals surface area contributed by atoms with E-state index >= 15 is 0 Å². The van der Waals surface area contributed by atoms with Crippen LogP contribution in [0.3, 0.4) is 0 Å². The Hall–Kier alpha value is -2.34. The topological polar surface area (TPSA) is 37.6 Å². The van der Waals surface area contributed by atoms with Crippen molar-refractivity contribution in [3.63, 3.8) is 0 Å². The Morgan fingerprint density at radius 2 is 1.03 bits per heavy atom. The number of nitrogens with zero attached hydrogens (tertiary/aromatic N) is 3. The van der Waals surface area contributed by atoms with Gasteiger partial charge in [0.25, 0.3) is 0 Å². The van der Waals surface area contributed by atoms with Crippen LogP contribution in [-0.2, 0) is 0 Å². The smallest absolute Gasteiger partial charge is 0.0860 e. The molecular weight excluding hydrogens is 469 g/mol. The van der Waals surface area contributed by atoms with Crippen molar-refractivity contribution in [2.24, 2.45) is 9.98 Å². The Bertz CT molecular complexity index is 1000. The molecule has 3 rings (SSSR count). The van der Waals surface area contributed by atoms with Crippen LogP contribution in [-0.4, -0.2) is 16.4 Å². The number of aromatic nitrogens is 1. The third-order valence-corrected chi connectivity index (χ3v) is 5.59. The summed E-state index contributed by atoms with van der Waals surface area (Å²) in [7, 11) is 0. The van der Waals surface area contributed by atoms with Crippen LogP contribution in [0.4, 0.5) is 11.4 Å². The second kappa shape index (κ2) is 8.99. The molecule has 0 amide bonds. The van der Waals surface area contributed by atoms with Gasteiger partial charge in [0.2, 0.25) is 0 Å². The van der Waals surface area contributed by atoms with Crippen molar-refractivity contribution in [1.82, 2.24) is 4.98 Å². The highest BCUT2D eigenvalue weighted by atomic mass is 127. The highest BCUT2D eigenvalue weighted by Gasteiger charge is 2.10. The average molecular weight is 495 g/mol. The molecule has 0 N–H and O–H groups in total. The second-order valence-corrected chi connectivity index (χ2v) is 8.68. The molecule has 0 radical (unpaired) electrons. The van der Waals surface area contributed by atoms with E-state index in [0.717, 1.165) is 37.8 Å². The Balaban J connectivity index is 2.04. The van der Waals surface area contributed by atoms with E-state index in [-0.39, 0.29) is 0 Å². The number of aryl methyl sites for hydroxylation is 4. The number of rotatable bonds is 4. The molecule has 3 aromatic rings. The lowest BCUT2D eigenvalue weighted by Crippen LogP contribution is -2.07. The largest absolute Gasteiger partial charge is 0.251 e. The van der Waals surface area contributed by atoms with Crippen molar-refractivity contribution in [3.8, 4) is 0 Å². The van der Waals surface area contributed by atoms with Gasteiger partial charge >= 0.3 is 0 Å². The molecule has 0 saturated heterocycles. The molecule has 0 spiro atoms. The standard InChI is InChI=1S/C25H26IN3/c1-15-9-7-10-16(2)24(15)27-19(5)22-13-21(26)14-23(29-22)20(6)28-25-17(3)11-8-12-18(25)4/h7-14H,1-6H3/b27-19+,28-20+. The van der Waals surface area contributed by atoms with Crippen LogP contribution in [0.5, 0.6) is 0 Å². The van der Waals surface area contributed by atoms with E-state index in [2.05, 4.69) is 98.8 Å². The van der Waals surface area contributed by atoms with Gasteiger partial charge in [-0.25, -0.2) is 4.98 Å². The van der Waals surface area contributed by atoms with Gasteiger partial charge in [-0.15, -0.1) is 0 Å². The maximum Gasteiger partial charge on any atom is 0.0860 e. The van der Waals surface area contributed by atoms with Crippen molar-refractivity contribution in [2.45, 2.75) is 41.5 Å². The summed E-state index contributed by atoms with van der Waals surface area (Å²) in [6.45, 7) is 12.4. The van der Waals surface area contributed by atoms with Crippen LogP contribution >= 0.6 is 22.6 Å². The van der Waals surface area contributed by atoms with Gasteiger partial charge in [-0.2, -0.15) is 0 Å². The van der Waals surface area contributed by atoms with E-state index in [0.29, 0.717) is 0 Å². The Kier molecular flexibility index (Phi) is 6.63. The molecule has 148 valence electrons. The van der Waals surface area contributed by atoms with Crippen molar-refractivity contribution in [3.05, 3.63) is 85.7 Å². The summed E-state index contributed by atoms with van der Waals surface area (Å²) in [4.78, 5) is 14.7. The summed E-state index contributed by atoms with van der Waals surface area (Å²) in [6.07, 6.45) is 0. The predicted octanol–water partition coefficient (Wildman–Crippen LogP) is 7.20. The van der Waals surface area contributed by atoms with Crippen molar-refractivity contribution >= 4 is 45.4 Å². The number of hydrogen-bond donors (Lipinski definition) is 0. The van der Waals surface area contributed by atoms with Crippen LogP contribution in [0.2, 0.25) is 0 Å². The van der Waals surface area contributed by atoms with Gasteiger partial charge in [-0.3, -0.25) is 9.98 Å². The fourth-order valence-electron chi connectivity index (χ4n) is 3.28. The summed E-state index contributed by atoms with van der Waals surface area (Å²) >= 11 is 2.34. The Morgan fingerprint density at radius 1 is 0.690 bits per heavy atom. The van der Waals surface area contributed by atoms with Gasteiger partial charge in [0.05, 0.1) is 34.2 Å². The van der Waals surface area contributed by atoms with Crippen LogP contribution in [0.15, 0.2) is 58.5 Å². The third-order valence-electron chi connectivity index (χ3n) is 4.97. The summed E-state index contributed by atoms with van der Waals surface area (Å²) in [6, 6.07) is 16.6. The summed E-state index contributed by atoms with van der Waals surface area (Å²) in [5.41, 5.74) is 10.3. The minimum absolute atomic E-state index is 0.880. The minimum atomic E-state index is 0.880. The summed E-state index contributed by atoms with van der Waals surface area (Å²) in [5.74, 6) is 0. The average Bonchev–Trinajstić information content (AvgIpc) is 2.67. The highest BCUT2D eigenvalue weighted by Crippen LogP contribution is 2.26. The second-order valence-electron chi connectivity index (χ2n) is 7.43. The van der Waals surface area contributed by atoms with E-state index in [9.17, 15) is 0 Å². The first-order chi connectivity index (χ1) is 13.8. The fourth-order valence-corrected chi connectivity index (χ4v) is 3.87. The summed E-state index contributed by atoms with van der Waals surface area (Å²) < 4.78 is 1.12. The molecule has 0 aliphatic carbocycles. The zero-order valence-corrected chi connectivity index (χ0v) is 20.0. The maximum atomic E-state index is 4.89. The molecule has 0 fully saturated rings. The SMILES string of the molecule is C/C(=N\c1c(C)cccc1C)c1cc(I)cc(/C(C)=N/c2c(C)cccc2C)n1. The van der Waals surface area contributed by atoms with E-state index in [1.54, 1.807) is 0 Å². The van der Waals surface area contributed by atoms with Crippen molar-refractivity contribution < 1.29 is 0 Å². The first-order valence-electron chi connectivity index (χ1n) is 9.67. The number of halogens is 1. The van der Waals surface area contributed by atoms with Crippen LogP contribution in [0, 0.1) is 31.3 Å². The quantitative estimate of drug-likeness (QED) is 0.279. The maximum absolute atomic E-state index is 4.89. The van der Waals surface area contributed by atoms with Crippen LogP contribution < -0.4 is 0 Å². The van der Waals surface area contributed by atoms with E-state index in [1.807, 2.05) is 13.8 Å². The zero-order valence-electron chi connectivity index (χ0n) is 17.8. The summed E-state index contributed by atoms with van der Waals surface area (Å²) in [5, 5.41) is 0. The van der Waals surface area contributed by atoms with Gasteiger partial charge in [0.1, 0.15) is 0 Å². The number of para-hydroxylation sites is 2. The van der Waals surface area contributed by atoms with Gasteiger partial charge in [0, 0.05) is 3.57 Å². The first-order valence-corrected chi connectivity index (χ1v) is 10.8. The Morgan fingerprint density at radius 3 is 1.38 bits per heavy atom. The third kappa shape index (κ3) is 4.99. The van der Waals surface area contributed by atoms with E-state index in [1.165, 1.54) is 22.3 Å². The molecule has 2 aromatic carbocycles. The predicted molar refractivity (Wildman–Crippen MR) is 133 cm³/mol. The highest BCUT2D eigenvalue weighted by molar-refractivity contribution is 14.1. The monoisotopic (exact) mass is 495 g/mol. The van der Waals surface area contributed by atoms with Crippen LogP contribution in [0.1, 0.15) is 47.5 Å². The molecule has 4 heteroatoms. The number of benzene rings is 2. The van der Waals surface area contributed by atoms with Crippen molar-refractivity contribution in [1.29, 1.82) is 0 Å². The van der Waals surface area contributed by atoms with Gasteiger partial charge < -0.3 is 0 Å². The molecule has 0 bridgehead atoms. The number of aliphatic imine (C=N–C) groups is 2. The minimum Gasteiger partial charge on any atom is -0.251 e.